The van der Waals surface area contributed by atoms with Gasteiger partial charge in [0, 0.05) is 24.1 Å². The highest BCUT2D eigenvalue weighted by Crippen LogP contribution is 2.45. The fourth-order valence-corrected chi connectivity index (χ4v) is 2.79. The number of methoxy groups -OCH3 is 1. The third-order valence-corrected chi connectivity index (χ3v) is 3.80. The van der Waals surface area contributed by atoms with Crippen LogP contribution in [0.3, 0.4) is 0 Å². The van der Waals surface area contributed by atoms with Crippen LogP contribution in [0.5, 0.6) is 11.5 Å². The van der Waals surface area contributed by atoms with Crippen molar-refractivity contribution in [2.75, 3.05) is 13.7 Å². The fourth-order valence-electron chi connectivity index (χ4n) is 2.79. The summed E-state index contributed by atoms with van der Waals surface area (Å²) in [6.45, 7) is 5.21. The van der Waals surface area contributed by atoms with Crippen molar-refractivity contribution in [1.82, 2.24) is 10.9 Å². The van der Waals surface area contributed by atoms with Gasteiger partial charge in [-0.05, 0) is 19.9 Å². The van der Waals surface area contributed by atoms with E-state index in [1.165, 1.54) is 5.56 Å². The van der Waals surface area contributed by atoms with Crippen molar-refractivity contribution in [1.29, 1.82) is 0 Å². The van der Waals surface area contributed by atoms with Gasteiger partial charge in [-0.2, -0.15) is 0 Å². The summed E-state index contributed by atoms with van der Waals surface area (Å²) in [6, 6.07) is 6.35. The van der Waals surface area contributed by atoms with Crippen LogP contribution < -0.4 is 20.3 Å². The summed E-state index contributed by atoms with van der Waals surface area (Å²) in [6.07, 6.45) is 0. The minimum Gasteiger partial charge on any atom is -0.497 e. The summed E-state index contributed by atoms with van der Waals surface area (Å²) in [7, 11) is 1.67. The van der Waals surface area contributed by atoms with E-state index in [9.17, 15) is 0 Å². The van der Waals surface area contributed by atoms with E-state index < -0.39 is 0 Å². The zero-order valence-corrected chi connectivity index (χ0v) is 10.4. The Morgan fingerprint density at radius 3 is 3.00 bits per heavy atom. The molecule has 1 saturated heterocycles. The Morgan fingerprint density at radius 1 is 1.41 bits per heavy atom. The molecular weight excluding hydrogens is 216 g/mol. The van der Waals surface area contributed by atoms with Crippen molar-refractivity contribution in [3.05, 3.63) is 23.8 Å². The molecule has 0 aromatic heterocycles. The Hall–Kier alpha value is -1.26. The van der Waals surface area contributed by atoms with Gasteiger partial charge in [0.15, 0.2) is 0 Å². The molecule has 1 aromatic carbocycles. The van der Waals surface area contributed by atoms with Crippen molar-refractivity contribution >= 4 is 0 Å². The van der Waals surface area contributed by atoms with Gasteiger partial charge in [-0.3, -0.25) is 5.43 Å². The first-order chi connectivity index (χ1) is 8.12. The summed E-state index contributed by atoms with van der Waals surface area (Å²) in [5.41, 5.74) is 7.61. The molecule has 4 heteroatoms. The number of hydrogen-bond acceptors (Lipinski definition) is 4. The molecule has 2 heterocycles. The standard InChI is InChI=1S/C13H18N2O2/c1-13(2)10-7-14-15-12(10)9-5-4-8(16-3)6-11(9)17-13/h4-6,10,12,14-15H,7H2,1-3H3. The van der Waals surface area contributed by atoms with E-state index in [2.05, 4.69) is 30.8 Å². The van der Waals surface area contributed by atoms with Crippen LogP contribution >= 0.6 is 0 Å². The van der Waals surface area contributed by atoms with Gasteiger partial charge in [0.05, 0.1) is 13.2 Å². The second-order valence-corrected chi connectivity index (χ2v) is 5.22. The molecule has 2 aliphatic heterocycles. The predicted molar refractivity (Wildman–Crippen MR) is 65.1 cm³/mol. The lowest BCUT2D eigenvalue weighted by Crippen LogP contribution is -2.45. The maximum Gasteiger partial charge on any atom is 0.128 e. The van der Waals surface area contributed by atoms with Gasteiger partial charge >= 0.3 is 0 Å². The van der Waals surface area contributed by atoms with Crippen LogP contribution in [0.2, 0.25) is 0 Å². The van der Waals surface area contributed by atoms with E-state index in [0.717, 1.165) is 18.0 Å². The van der Waals surface area contributed by atoms with Gasteiger partial charge in [-0.15, -0.1) is 0 Å². The summed E-state index contributed by atoms with van der Waals surface area (Å²) >= 11 is 0. The molecule has 2 atom stereocenters. The average molecular weight is 234 g/mol. The van der Waals surface area contributed by atoms with Crippen LogP contribution in [0.15, 0.2) is 18.2 Å². The Balaban J connectivity index is 2.07. The SMILES string of the molecule is COc1ccc2c(c1)OC(C)(C)C1CNNC21. The molecule has 1 fully saturated rings. The first-order valence-corrected chi connectivity index (χ1v) is 5.97. The molecule has 3 rings (SSSR count). The predicted octanol–water partition coefficient (Wildman–Crippen LogP) is 1.63. The quantitative estimate of drug-likeness (QED) is 0.775. The van der Waals surface area contributed by atoms with Gasteiger partial charge in [0.2, 0.25) is 0 Å². The zero-order valence-electron chi connectivity index (χ0n) is 10.4. The van der Waals surface area contributed by atoms with Gasteiger partial charge in [0.1, 0.15) is 17.1 Å². The van der Waals surface area contributed by atoms with Crippen molar-refractivity contribution < 1.29 is 9.47 Å². The van der Waals surface area contributed by atoms with Crippen molar-refractivity contribution in [3.8, 4) is 11.5 Å². The minimum absolute atomic E-state index is 0.166. The van der Waals surface area contributed by atoms with Crippen LogP contribution in [0.1, 0.15) is 25.5 Å². The number of hydrogen-bond donors (Lipinski definition) is 2. The highest BCUT2D eigenvalue weighted by Gasteiger charge is 2.46. The van der Waals surface area contributed by atoms with Crippen LogP contribution in [0, 0.1) is 5.92 Å². The number of nitrogens with one attached hydrogen (secondary N) is 2. The Bertz CT molecular complexity index is 445. The molecule has 0 amide bonds. The highest BCUT2D eigenvalue weighted by atomic mass is 16.5. The van der Waals surface area contributed by atoms with Gasteiger partial charge < -0.3 is 9.47 Å². The van der Waals surface area contributed by atoms with Crippen LogP contribution in [-0.2, 0) is 0 Å². The monoisotopic (exact) mass is 234 g/mol. The minimum atomic E-state index is -0.166. The zero-order chi connectivity index (χ0) is 12.0. The number of benzene rings is 1. The largest absolute Gasteiger partial charge is 0.497 e. The van der Waals surface area contributed by atoms with Gasteiger partial charge in [0.25, 0.3) is 0 Å². The van der Waals surface area contributed by atoms with E-state index in [-0.39, 0.29) is 5.60 Å². The van der Waals surface area contributed by atoms with Gasteiger partial charge in [-0.25, -0.2) is 5.43 Å². The molecule has 0 spiro atoms. The Morgan fingerprint density at radius 2 is 2.24 bits per heavy atom. The number of rotatable bonds is 1. The van der Waals surface area contributed by atoms with Crippen molar-refractivity contribution in [2.45, 2.75) is 25.5 Å². The van der Waals surface area contributed by atoms with Crippen LogP contribution in [0.25, 0.3) is 0 Å². The molecule has 4 nitrogen and oxygen atoms in total. The molecule has 17 heavy (non-hydrogen) atoms. The van der Waals surface area contributed by atoms with Crippen molar-refractivity contribution in [3.63, 3.8) is 0 Å². The Kier molecular flexibility index (Phi) is 2.31. The Labute approximate surface area is 101 Å². The van der Waals surface area contributed by atoms with Crippen LogP contribution in [-0.4, -0.2) is 19.3 Å². The maximum atomic E-state index is 6.12. The number of hydrazine groups is 1. The molecule has 1 aromatic rings. The average Bonchev–Trinajstić information content (AvgIpc) is 2.77. The topological polar surface area (TPSA) is 42.5 Å². The highest BCUT2D eigenvalue weighted by molar-refractivity contribution is 5.45. The van der Waals surface area contributed by atoms with Gasteiger partial charge in [-0.1, -0.05) is 6.07 Å². The second kappa shape index (κ2) is 3.62. The summed E-state index contributed by atoms with van der Waals surface area (Å²) in [5.74, 6) is 2.21. The molecule has 92 valence electrons. The maximum absolute atomic E-state index is 6.12. The molecule has 2 N–H and O–H groups in total. The molecule has 0 bridgehead atoms. The summed E-state index contributed by atoms with van der Waals surface area (Å²) in [4.78, 5) is 0. The summed E-state index contributed by atoms with van der Waals surface area (Å²) < 4.78 is 11.4. The number of fused-ring (bicyclic) bond motifs is 3. The van der Waals surface area contributed by atoms with Crippen LogP contribution in [0.4, 0.5) is 0 Å². The third kappa shape index (κ3) is 1.59. The molecule has 2 unspecified atom stereocenters. The molecule has 0 saturated carbocycles. The van der Waals surface area contributed by atoms with Crippen molar-refractivity contribution in [2.24, 2.45) is 5.92 Å². The first kappa shape index (κ1) is 10.9. The second-order valence-electron chi connectivity index (χ2n) is 5.22. The van der Waals surface area contributed by atoms with E-state index in [1.54, 1.807) is 7.11 Å². The summed E-state index contributed by atoms with van der Waals surface area (Å²) in [5, 5.41) is 0. The molecule has 0 aliphatic carbocycles. The smallest absolute Gasteiger partial charge is 0.128 e. The van der Waals surface area contributed by atoms with E-state index >= 15 is 0 Å². The lowest BCUT2D eigenvalue weighted by atomic mass is 9.80. The first-order valence-electron chi connectivity index (χ1n) is 5.97. The molecule has 2 aliphatic rings. The molecule has 0 radical (unpaired) electrons. The third-order valence-electron chi connectivity index (χ3n) is 3.80. The van der Waals surface area contributed by atoms with E-state index in [0.29, 0.717) is 12.0 Å². The number of ether oxygens (including phenoxy) is 2. The fraction of sp³-hybridized carbons (Fsp3) is 0.538. The normalized spacial score (nSPS) is 29.1. The van der Waals surface area contributed by atoms with E-state index in [1.807, 2.05) is 12.1 Å². The lowest BCUT2D eigenvalue weighted by Gasteiger charge is -2.41. The molecular formula is C13H18N2O2. The lowest BCUT2D eigenvalue weighted by molar-refractivity contribution is 0.0232. The van der Waals surface area contributed by atoms with E-state index in [4.69, 9.17) is 9.47 Å².